The molecule has 2 rings (SSSR count). The molecule has 1 aromatic carbocycles. The molecule has 0 saturated heterocycles. The maximum atomic E-state index is 12.8. The lowest BCUT2D eigenvalue weighted by Gasteiger charge is -2.36. The van der Waals surface area contributed by atoms with Gasteiger partial charge >= 0.3 is 23.9 Å². The Bertz CT molecular complexity index is 1170. The van der Waals surface area contributed by atoms with Gasteiger partial charge in [0, 0.05) is 24.7 Å². The zero-order valence-electron chi connectivity index (χ0n) is 27.1. The minimum Gasteiger partial charge on any atom is -0.465 e. The molecule has 0 saturated carbocycles. The molecule has 5 atom stereocenters. The Morgan fingerprint density at radius 3 is 2.07 bits per heavy atom. The number of benzene rings is 1. The average molecular weight is 599 g/mol. The molecule has 1 aliphatic carbocycles. The van der Waals surface area contributed by atoms with Gasteiger partial charge in [0.05, 0.1) is 24.7 Å². The average Bonchev–Trinajstić information content (AvgIpc) is 2.96. The zero-order valence-corrected chi connectivity index (χ0v) is 27.1. The summed E-state index contributed by atoms with van der Waals surface area (Å²) in [5.74, 6) is -2.10. The second-order valence-electron chi connectivity index (χ2n) is 12.4. The molecule has 238 valence electrons. The van der Waals surface area contributed by atoms with Gasteiger partial charge in [0.25, 0.3) is 0 Å². The van der Waals surface area contributed by atoms with Crippen LogP contribution in [0.1, 0.15) is 96.5 Å². The van der Waals surface area contributed by atoms with Crippen molar-refractivity contribution in [1.29, 1.82) is 0 Å². The fourth-order valence-electron chi connectivity index (χ4n) is 4.56. The molecule has 0 heterocycles. The molecule has 0 fully saturated rings. The van der Waals surface area contributed by atoms with Crippen LogP contribution in [0.25, 0.3) is 0 Å². The lowest BCUT2D eigenvalue weighted by molar-refractivity contribution is -0.172. The van der Waals surface area contributed by atoms with Gasteiger partial charge in [-0.2, -0.15) is 0 Å². The molecule has 0 N–H and O–H groups in total. The highest BCUT2D eigenvalue weighted by atomic mass is 16.6. The molecule has 1 aromatic rings. The van der Waals surface area contributed by atoms with Gasteiger partial charge in [-0.25, -0.2) is 4.79 Å². The van der Waals surface area contributed by atoms with Crippen LogP contribution in [0.3, 0.4) is 0 Å². The highest BCUT2D eigenvalue weighted by Crippen LogP contribution is 2.30. The van der Waals surface area contributed by atoms with E-state index < -0.39 is 17.2 Å². The highest BCUT2D eigenvalue weighted by molar-refractivity contribution is 5.90. The molecule has 43 heavy (non-hydrogen) atoms. The standard InChI is InChI=1S/C35H50O8/c1-9-35(8,43-33(39)29-19-13-11-17-25(29)3)27(5)23-40-30(36)20-14-15-21-31(37)42-34(6,7)26(4)22-41-32(38)28-18-12-10-16-24(28)2/h10-13,16-19,25-27,29H,9,14-15,20-23H2,1-8H3. The molecular weight excluding hydrogens is 548 g/mol. The Morgan fingerprint density at radius 1 is 0.837 bits per heavy atom. The van der Waals surface area contributed by atoms with E-state index in [-0.39, 0.29) is 67.6 Å². The van der Waals surface area contributed by atoms with Crippen molar-refractivity contribution in [2.75, 3.05) is 13.2 Å². The number of carbonyl (C=O) groups excluding carboxylic acids is 4. The first-order valence-corrected chi connectivity index (χ1v) is 15.4. The minimum atomic E-state index is -0.838. The summed E-state index contributed by atoms with van der Waals surface area (Å²) in [5.41, 5.74) is -0.251. The van der Waals surface area contributed by atoms with E-state index in [1.165, 1.54) is 0 Å². The van der Waals surface area contributed by atoms with Crippen LogP contribution in [0.4, 0.5) is 0 Å². The fraction of sp³-hybridized carbons (Fsp3) is 0.600. The van der Waals surface area contributed by atoms with Crippen LogP contribution < -0.4 is 0 Å². The van der Waals surface area contributed by atoms with Crippen molar-refractivity contribution in [3.63, 3.8) is 0 Å². The molecule has 5 unspecified atom stereocenters. The van der Waals surface area contributed by atoms with Gasteiger partial charge in [-0.05, 0) is 64.5 Å². The third-order valence-corrected chi connectivity index (χ3v) is 8.66. The number of allylic oxidation sites excluding steroid dienone is 3. The van der Waals surface area contributed by atoms with Gasteiger partial charge in [-0.1, -0.05) is 70.2 Å². The van der Waals surface area contributed by atoms with Crippen LogP contribution in [-0.2, 0) is 33.3 Å². The zero-order chi connectivity index (χ0) is 32.2. The Hall–Kier alpha value is -3.42. The third-order valence-electron chi connectivity index (χ3n) is 8.66. The molecule has 0 spiro atoms. The summed E-state index contributed by atoms with van der Waals surface area (Å²) in [7, 11) is 0. The maximum absolute atomic E-state index is 12.8. The summed E-state index contributed by atoms with van der Waals surface area (Å²) in [6.45, 7) is 15.3. The normalized spacial score (nSPS) is 19.1. The molecule has 1 aliphatic rings. The van der Waals surface area contributed by atoms with Gasteiger partial charge in [0.15, 0.2) is 0 Å². The van der Waals surface area contributed by atoms with E-state index in [1.54, 1.807) is 26.0 Å². The minimum absolute atomic E-state index is 0.0625. The van der Waals surface area contributed by atoms with Crippen LogP contribution >= 0.6 is 0 Å². The van der Waals surface area contributed by atoms with Crippen molar-refractivity contribution in [2.24, 2.45) is 23.7 Å². The summed E-state index contributed by atoms with van der Waals surface area (Å²) >= 11 is 0. The largest absolute Gasteiger partial charge is 0.465 e. The number of carbonyl (C=O) groups is 4. The quantitative estimate of drug-likeness (QED) is 0.114. The second-order valence-corrected chi connectivity index (χ2v) is 12.4. The fourth-order valence-corrected chi connectivity index (χ4v) is 4.56. The van der Waals surface area contributed by atoms with Crippen LogP contribution in [0.5, 0.6) is 0 Å². The summed E-state index contributed by atoms with van der Waals surface area (Å²) < 4.78 is 22.6. The second kappa shape index (κ2) is 16.4. The van der Waals surface area contributed by atoms with E-state index >= 15 is 0 Å². The molecule has 0 aromatic heterocycles. The van der Waals surface area contributed by atoms with E-state index in [4.69, 9.17) is 18.9 Å². The van der Waals surface area contributed by atoms with Gasteiger partial charge < -0.3 is 18.9 Å². The van der Waals surface area contributed by atoms with E-state index in [9.17, 15) is 19.2 Å². The molecule has 8 heteroatoms. The summed E-state index contributed by atoms with van der Waals surface area (Å²) in [4.78, 5) is 50.1. The van der Waals surface area contributed by atoms with Crippen LogP contribution in [-0.4, -0.2) is 48.3 Å². The van der Waals surface area contributed by atoms with Crippen LogP contribution in [0.2, 0.25) is 0 Å². The van der Waals surface area contributed by atoms with Crippen LogP contribution in [0, 0.1) is 30.6 Å². The maximum Gasteiger partial charge on any atom is 0.338 e. The monoisotopic (exact) mass is 598 g/mol. The number of esters is 4. The van der Waals surface area contributed by atoms with Crippen molar-refractivity contribution in [3.8, 4) is 0 Å². The van der Waals surface area contributed by atoms with E-state index in [2.05, 4.69) is 0 Å². The smallest absolute Gasteiger partial charge is 0.338 e. The highest BCUT2D eigenvalue weighted by Gasteiger charge is 2.37. The lowest BCUT2D eigenvalue weighted by atomic mass is 9.86. The number of rotatable bonds is 16. The molecule has 8 nitrogen and oxygen atoms in total. The Kier molecular flexibility index (Phi) is 13.7. The van der Waals surface area contributed by atoms with Crippen molar-refractivity contribution in [2.45, 2.75) is 98.7 Å². The first kappa shape index (κ1) is 35.8. The number of ether oxygens (including phenoxy) is 4. The van der Waals surface area contributed by atoms with E-state index in [0.29, 0.717) is 24.8 Å². The Labute approximate surface area is 257 Å². The molecular formula is C35H50O8. The molecule has 0 aliphatic heterocycles. The van der Waals surface area contributed by atoms with Crippen molar-refractivity contribution in [1.82, 2.24) is 0 Å². The van der Waals surface area contributed by atoms with Crippen molar-refractivity contribution >= 4 is 23.9 Å². The molecule has 0 bridgehead atoms. The first-order valence-electron chi connectivity index (χ1n) is 15.4. The van der Waals surface area contributed by atoms with Crippen LogP contribution in [0.15, 0.2) is 48.6 Å². The summed E-state index contributed by atoms with van der Waals surface area (Å²) in [6.07, 6.45) is 9.50. The Morgan fingerprint density at radius 2 is 1.44 bits per heavy atom. The predicted molar refractivity (Wildman–Crippen MR) is 165 cm³/mol. The molecule has 0 amide bonds. The van der Waals surface area contributed by atoms with Gasteiger partial charge in [0.1, 0.15) is 11.2 Å². The SMILES string of the molecule is CCC(C)(OC(=O)C1C=CC=CC1C)C(C)COC(=O)CCCCC(=O)OC(C)(C)C(C)COC(=O)c1ccccc1C. The van der Waals surface area contributed by atoms with Crippen molar-refractivity contribution < 1.29 is 38.1 Å². The van der Waals surface area contributed by atoms with Crippen molar-refractivity contribution in [3.05, 3.63) is 59.7 Å². The predicted octanol–water partition coefficient (Wildman–Crippen LogP) is 6.94. The first-order chi connectivity index (χ1) is 20.2. The summed E-state index contributed by atoms with van der Waals surface area (Å²) in [6, 6.07) is 7.22. The van der Waals surface area contributed by atoms with Gasteiger partial charge in [0.2, 0.25) is 0 Å². The lowest BCUT2D eigenvalue weighted by Crippen LogP contribution is -2.42. The van der Waals surface area contributed by atoms with Gasteiger partial charge in [-0.3, -0.25) is 14.4 Å². The van der Waals surface area contributed by atoms with E-state index in [0.717, 1.165) is 5.56 Å². The number of unbranched alkanes of at least 4 members (excludes halogenated alkanes) is 1. The number of hydrogen-bond donors (Lipinski definition) is 0. The summed E-state index contributed by atoms with van der Waals surface area (Å²) in [5, 5.41) is 0. The van der Waals surface area contributed by atoms with Gasteiger partial charge in [-0.15, -0.1) is 0 Å². The number of hydrogen-bond acceptors (Lipinski definition) is 8. The third kappa shape index (κ3) is 11.0. The van der Waals surface area contributed by atoms with E-state index in [1.807, 2.05) is 78.0 Å². The topological polar surface area (TPSA) is 105 Å². The Balaban J connectivity index is 1.69. The molecule has 0 radical (unpaired) electrons. The number of aryl methyl sites for hydroxylation is 1.